The van der Waals surface area contributed by atoms with Crippen molar-refractivity contribution in [1.82, 2.24) is 0 Å². The summed E-state index contributed by atoms with van der Waals surface area (Å²) in [6.45, 7) is 0. The van der Waals surface area contributed by atoms with Gasteiger partial charge in [-0.25, -0.2) is 8.42 Å². The lowest BCUT2D eigenvalue weighted by Gasteiger charge is -2.11. The number of hydrogen-bond acceptors (Lipinski definition) is 4. The Morgan fingerprint density at radius 3 is 2.00 bits per heavy atom. The molecule has 0 unspecified atom stereocenters. The molecular formula is C21H18N2O4S. The van der Waals surface area contributed by atoms with Gasteiger partial charge < -0.3 is 5.32 Å². The summed E-state index contributed by atoms with van der Waals surface area (Å²) in [5, 5.41) is 2.75. The molecule has 0 aliphatic rings. The van der Waals surface area contributed by atoms with Crippen LogP contribution in [-0.2, 0) is 10.0 Å². The van der Waals surface area contributed by atoms with Crippen LogP contribution in [0.4, 0.5) is 11.4 Å². The maximum absolute atomic E-state index is 12.7. The monoisotopic (exact) mass is 394 g/mol. The van der Waals surface area contributed by atoms with Gasteiger partial charge in [0.15, 0.2) is 5.78 Å². The van der Waals surface area contributed by atoms with Crippen LogP contribution in [-0.4, -0.2) is 26.4 Å². The second-order valence-electron chi connectivity index (χ2n) is 6.15. The summed E-state index contributed by atoms with van der Waals surface area (Å²) < 4.78 is 24.8. The van der Waals surface area contributed by atoms with Crippen molar-refractivity contribution in [2.45, 2.75) is 0 Å². The summed E-state index contributed by atoms with van der Waals surface area (Å²) >= 11 is 0. The van der Waals surface area contributed by atoms with Gasteiger partial charge in [-0.3, -0.25) is 14.3 Å². The fourth-order valence-electron chi connectivity index (χ4n) is 2.63. The molecule has 0 aliphatic carbocycles. The molecule has 1 amide bonds. The lowest BCUT2D eigenvalue weighted by atomic mass is 10.0. The Labute approximate surface area is 163 Å². The van der Waals surface area contributed by atoms with Gasteiger partial charge in [0.2, 0.25) is 10.0 Å². The highest BCUT2D eigenvalue weighted by molar-refractivity contribution is 7.92. The smallest absolute Gasteiger partial charge is 0.255 e. The summed E-state index contributed by atoms with van der Waals surface area (Å²) in [7, 11) is -3.39. The van der Waals surface area contributed by atoms with E-state index >= 15 is 0 Å². The number of carbonyl (C=O) groups excluding carboxylic acids is 2. The van der Waals surface area contributed by atoms with Crippen LogP contribution in [0.25, 0.3) is 0 Å². The first-order valence-corrected chi connectivity index (χ1v) is 10.3. The van der Waals surface area contributed by atoms with Crippen LogP contribution in [0.3, 0.4) is 0 Å². The highest BCUT2D eigenvalue weighted by atomic mass is 32.2. The maximum atomic E-state index is 12.7. The van der Waals surface area contributed by atoms with E-state index in [9.17, 15) is 18.0 Å². The number of sulfonamides is 1. The van der Waals surface area contributed by atoms with Crippen LogP contribution in [0.1, 0.15) is 26.3 Å². The highest BCUT2D eigenvalue weighted by Crippen LogP contribution is 2.20. The fraction of sp³-hybridized carbons (Fsp3) is 0.0476. The van der Waals surface area contributed by atoms with Gasteiger partial charge in [-0.15, -0.1) is 0 Å². The number of carbonyl (C=O) groups is 2. The number of hydrogen-bond donors (Lipinski definition) is 2. The third-order valence-electron chi connectivity index (χ3n) is 3.91. The largest absolute Gasteiger partial charge is 0.321 e. The van der Waals surface area contributed by atoms with Crippen molar-refractivity contribution in [1.29, 1.82) is 0 Å². The molecule has 142 valence electrons. The third-order valence-corrected chi connectivity index (χ3v) is 4.51. The normalized spacial score (nSPS) is 10.9. The van der Waals surface area contributed by atoms with Crippen molar-refractivity contribution in [3.63, 3.8) is 0 Å². The molecule has 2 N–H and O–H groups in total. The number of nitrogens with one attached hydrogen (secondary N) is 2. The molecule has 0 spiro atoms. The minimum atomic E-state index is -3.39. The van der Waals surface area contributed by atoms with E-state index in [2.05, 4.69) is 10.0 Å². The summed E-state index contributed by atoms with van der Waals surface area (Å²) in [6, 6.07) is 21.6. The van der Waals surface area contributed by atoms with Crippen molar-refractivity contribution < 1.29 is 18.0 Å². The zero-order chi connectivity index (χ0) is 20.1. The van der Waals surface area contributed by atoms with Gasteiger partial charge >= 0.3 is 0 Å². The summed E-state index contributed by atoms with van der Waals surface area (Å²) in [4.78, 5) is 25.3. The second-order valence-corrected chi connectivity index (χ2v) is 7.89. The molecule has 0 heterocycles. The minimum absolute atomic E-state index is 0.191. The van der Waals surface area contributed by atoms with Crippen LogP contribution in [0.2, 0.25) is 0 Å². The van der Waals surface area contributed by atoms with E-state index in [4.69, 9.17) is 0 Å². The Morgan fingerprint density at radius 1 is 0.750 bits per heavy atom. The minimum Gasteiger partial charge on any atom is -0.321 e. The maximum Gasteiger partial charge on any atom is 0.255 e. The van der Waals surface area contributed by atoms with E-state index in [0.717, 1.165) is 6.26 Å². The highest BCUT2D eigenvalue weighted by Gasteiger charge is 2.15. The number of anilines is 2. The first kappa shape index (κ1) is 19.3. The number of rotatable bonds is 6. The molecule has 7 heteroatoms. The number of amides is 1. The molecule has 0 aliphatic heterocycles. The van der Waals surface area contributed by atoms with Gasteiger partial charge in [-0.1, -0.05) is 42.5 Å². The Kier molecular flexibility index (Phi) is 5.56. The van der Waals surface area contributed by atoms with Crippen LogP contribution in [0, 0.1) is 0 Å². The summed E-state index contributed by atoms with van der Waals surface area (Å²) in [6.07, 6.45) is 1.05. The molecule has 0 saturated carbocycles. The summed E-state index contributed by atoms with van der Waals surface area (Å²) in [5.41, 5.74) is 2.01. The van der Waals surface area contributed by atoms with Crippen molar-refractivity contribution in [3.05, 3.63) is 95.6 Å². The lowest BCUT2D eigenvalue weighted by molar-refractivity contribution is 0.102. The van der Waals surface area contributed by atoms with Gasteiger partial charge in [0.1, 0.15) is 0 Å². The zero-order valence-corrected chi connectivity index (χ0v) is 15.9. The van der Waals surface area contributed by atoms with Crippen molar-refractivity contribution in [3.8, 4) is 0 Å². The third kappa shape index (κ3) is 4.83. The zero-order valence-electron chi connectivity index (χ0n) is 15.0. The Morgan fingerprint density at radius 2 is 1.36 bits per heavy atom. The molecule has 0 radical (unpaired) electrons. The lowest BCUT2D eigenvalue weighted by Crippen LogP contribution is -2.15. The van der Waals surface area contributed by atoms with Crippen LogP contribution in [0.15, 0.2) is 78.9 Å². The first-order chi connectivity index (χ1) is 13.3. The number of para-hydroxylation sites is 1. The van der Waals surface area contributed by atoms with E-state index in [1.54, 1.807) is 48.5 Å². The number of ketones is 1. The van der Waals surface area contributed by atoms with E-state index in [1.807, 2.05) is 6.07 Å². The van der Waals surface area contributed by atoms with Crippen LogP contribution >= 0.6 is 0 Å². The predicted octanol–water partition coefficient (Wildman–Crippen LogP) is 3.54. The van der Waals surface area contributed by atoms with Gasteiger partial charge in [0.05, 0.1) is 11.9 Å². The Bertz CT molecular complexity index is 1110. The van der Waals surface area contributed by atoms with Crippen molar-refractivity contribution in [2.24, 2.45) is 0 Å². The van der Waals surface area contributed by atoms with Gasteiger partial charge in [-0.05, 0) is 36.4 Å². The van der Waals surface area contributed by atoms with Gasteiger partial charge in [0.25, 0.3) is 5.91 Å². The van der Waals surface area contributed by atoms with Crippen LogP contribution in [0.5, 0.6) is 0 Å². The average molecular weight is 394 g/mol. The molecule has 6 nitrogen and oxygen atoms in total. The Balaban J connectivity index is 1.81. The van der Waals surface area contributed by atoms with Crippen LogP contribution < -0.4 is 10.0 Å². The van der Waals surface area contributed by atoms with E-state index in [1.165, 1.54) is 24.3 Å². The first-order valence-electron chi connectivity index (χ1n) is 8.41. The topological polar surface area (TPSA) is 92.3 Å². The molecule has 3 aromatic rings. The van der Waals surface area contributed by atoms with Crippen molar-refractivity contribution in [2.75, 3.05) is 16.3 Å². The Hall–Kier alpha value is -3.45. The summed E-state index contributed by atoms with van der Waals surface area (Å²) in [5.74, 6) is -0.594. The molecule has 0 atom stereocenters. The average Bonchev–Trinajstić information content (AvgIpc) is 2.68. The molecule has 3 aromatic carbocycles. The standard InChI is InChI=1S/C21H18N2O4S/c1-28(26,27)23-17-13-11-16(12-14-17)21(25)22-19-10-6-5-9-18(19)20(24)15-7-3-2-4-8-15/h2-14,23H,1H3,(H,22,25). The van der Waals surface area contributed by atoms with Crippen molar-refractivity contribution >= 4 is 33.1 Å². The molecule has 0 saturated heterocycles. The molecule has 0 bridgehead atoms. The molecule has 0 aromatic heterocycles. The molecule has 0 fully saturated rings. The predicted molar refractivity (Wildman–Crippen MR) is 109 cm³/mol. The van der Waals surface area contributed by atoms with E-state index in [0.29, 0.717) is 28.1 Å². The SMILES string of the molecule is CS(=O)(=O)Nc1ccc(C(=O)Nc2ccccc2C(=O)c2ccccc2)cc1. The van der Waals surface area contributed by atoms with E-state index in [-0.39, 0.29) is 5.78 Å². The quantitative estimate of drug-likeness (QED) is 0.626. The fourth-order valence-corrected chi connectivity index (χ4v) is 3.20. The second kappa shape index (κ2) is 8.06. The molecule has 3 rings (SSSR count). The van der Waals surface area contributed by atoms with Gasteiger partial charge in [-0.2, -0.15) is 0 Å². The van der Waals surface area contributed by atoms with E-state index < -0.39 is 15.9 Å². The molecule has 28 heavy (non-hydrogen) atoms. The molecular weight excluding hydrogens is 376 g/mol. The number of benzene rings is 3. The van der Waals surface area contributed by atoms with Gasteiger partial charge in [0, 0.05) is 22.4 Å².